The van der Waals surface area contributed by atoms with E-state index in [1.807, 2.05) is 0 Å². The standard InChI is InChI=1S/C14H27N5O6/c1-5-9(19(4)14(15)16)12(21)24-11(13(22)23-7-3)18-25-10(20)8-17-6-2/h9,11,17-18H,5-8H2,1-4H3,(H3,15,16). The predicted octanol–water partition coefficient (Wildman–Crippen LogP) is -1.32. The van der Waals surface area contributed by atoms with Crippen LogP contribution in [-0.2, 0) is 28.7 Å². The summed E-state index contributed by atoms with van der Waals surface area (Å²) in [4.78, 5) is 41.5. The number of carbonyl (C=O) groups excluding carboxylic acids is 3. The Labute approximate surface area is 146 Å². The number of guanidine groups is 1. The summed E-state index contributed by atoms with van der Waals surface area (Å²) in [6.45, 7) is 5.59. The summed E-state index contributed by atoms with van der Waals surface area (Å²) < 4.78 is 9.80. The molecule has 0 aliphatic rings. The molecule has 0 aliphatic carbocycles. The van der Waals surface area contributed by atoms with E-state index in [0.29, 0.717) is 6.54 Å². The minimum atomic E-state index is -1.63. The number of nitrogens with one attached hydrogen (secondary N) is 3. The van der Waals surface area contributed by atoms with Crippen molar-refractivity contribution in [2.75, 3.05) is 26.7 Å². The van der Waals surface area contributed by atoms with Crippen molar-refractivity contribution >= 4 is 23.9 Å². The van der Waals surface area contributed by atoms with E-state index in [4.69, 9.17) is 20.6 Å². The Morgan fingerprint density at radius 2 is 1.84 bits per heavy atom. The van der Waals surface area contributed by atoms with Gasteiger partial charge in [-0.15, -0.1) is 5.48 Å². The van der Waals surface area contributed by atoms with Crippen LogP contribution in [0.2, 0.25) is 0 Å². The topological polar surface area (TPSA) is 156 Å². The van der Waals surface area contributed by atoms with E-state index in [0.717, 1.165) is 0 Å². The van der Waals surface area contributed by atoms with Gasteiger partial charge in [0.1, 0.15) is 6.04 Å². The normalized spacial score (nSPS) is 12.6. The quantitative estimate of drug-likeness (QED) is 0.0869. The first-order valence-corrected chi connectivity index (χ1v) is 7.88. The number of esters is 2. The molecule has 0 spiro atoms. The Morgan fingerprint density at radius 1 is 1.20 bits per heavy atom. The molecule has 11 nitrogen and oxygen atoms in total. The van der Waals surface area contributed by atoms with E-state index in [1.165, 1.54) is 11.9 Å². The lowest BCUT2D eigenvalue weighted by Crippen LogP contribution is -2.50. The van der Waals surface area contributed by atoms with Gasteiger partial charge in [0, 0.05) is 7.05 Å². The van der Waals surface area contributed by atoms with Gasteiger partial charge in [-0.25, -0.2) is 14.4 Å². The number of nitrogens with zero attached hydrogens (tertiary/aromatic N) is 1. The van der Waals surface area contributed by atoms with E-state index in [9.17, 15) is 14.4 Å². The minimum absolute atomic E-state index is 0.0461. The molecule has 0 aromatic heterocycles. The maximum absolute atomic E-state index is 12.2. The van der Waals surface area contributed by atoms with Crippen LogP contribution < -0.4 is 16.5 Å². The molecular formula is C14H27N5O6. The molecule has 0 saturated carbocycles. The van der Waals surface area contributed by atoms with Gasteiger partial charge in [-0.1, -0.05) is 13.8 Å². The number of carbonyl (C=O) groups is 3. The molecule has 0 aliphatic heterocycles. The van der Waals surface area contributed by atoms with E-state index >= 15 is 0 Å². The highest BCUT2D eigenvalue weighted by Gasteiger charge is 2.31. The molecule has 0 saturated heterocycles. The van der Waals surface area contributed by atoms with E-state index < -0.39 is 30.2 Å². The lowest BCUT2D eigenvalue weighted by atomic mass is 10.2. The fourth-order valence-corrected chi connectivity index (χ4v) is 1.68. The van der Waals surface area contributed by atoms with Gasteiger partial charge >= 0.3 is 17.9 Å². The Morgan fingerprint density at radius 3 is 2.32 bits per heavy atom. The summed E-state index contributed by atoms with van der Waals surface area (Å²) in [6.07, 6.45) is -1.35. The van der Waals surface area contributed by atoms with Crippen LogP contribution >= 0.6 is 0 Å². The van der Waals surface area contributed by atoms with Crippen molar-refractivity contribution in [3.05, 3.63) is 0 Å². The average molecular weight is 361 g/mol. The first-order valence-electron chi connectivity index (χ1n) is 7.88. The van der Waals surface area contributed by atoms with Crippen molar-refractivity contribution < 1.29 is 28.7 Å². The zero-order valence-corrected chi connectivity index (χ0v) is 15.0. The maximum Gasteiger partial charge on any atom is 0.366 e. The van der Waals surface area contributed by atoms with Gasteiger partial charge in [0.2, 0.25) is 0 Å². The average Bonchev–Trinajstić information content (AvgIpc) is 2.57. The van der Waals surface area contributed by atoms with Gasteiger partial charge in [0.25, 0.3) is 6.23 Å². The van der Waals surface area contributed by atoms with Gasteiger partial charge in [0.15, 0.2) is 5.96 Å². The van der Waals surface area contributed by atoms with Gasteiger partial charge in [-0.2, -0.15) is 0 Å². The molecule has 0 aromatic rings. The number of hydroxylamine groups is 1. The molecular weight excluding hydrogens is 334 g/mol. The van der Waals surface area contributed by atoms with Gasteiger partial charge in [-0.05, 0) is 19.9 Å². The second kappa shape index (κ2) is 12.0. The summed E-state index contributed by atoms with van der Waals surface area (Å²) in [7, 11) is 1.45. The summed E-state index contributed by atoms with van der Waals surface area (Å²) in [5.41, 5.74) is 7.43. The highest BCUT2D eigenvalue weighted by atomic mass is 16.7. The van der Waals surface area contributed by atoms with Crippen LogP contribution in [0.5, 0.6) is 0 Å². The molecule has 144 valence electrons. The molecule has 0 fully saturated rings. The first kappa shape index (κ1) is 22.6. The zero-order valence-electron chi connectivity index (χ0n) is 15.0. The van der Waals surface area contributed by atoms with Crippen LogP contribution in [0.25, 0.3) is 0 Å². The summed E-state index contributed by atoms with van der Waals surface area (Å²) >= 11 is 0. The lowest BCUT2D eigenvalue weighted by molar-refractivity contribution is -0.188. The molecule has 0 heterocycles. The first-order chi connectivity index (χ1) is 11.8. The largest absolute Gasteiger partial charge is 0.462 e. The van der Waals surface area contributed by atoms with Crippen LogP contribution in [0.4, 0.5) is 0 Å². The van der Waals surface area contributed by atoms with Crippen molar-refractivity contribution in [1.29, 1.82) is 5.41 Å². The van der Waals surface area contributed by atoms with Crippen LogP contribution in [0.15, 0.2) is 0 Å². The third-order valence-electron chi connectivity index (χ3n) is 3.04. The molecule has 0 bridgehead atoms. The summed E-state index contributed by atoms with van der Waals surface area (Å²) in [5, 5.41) is 10.1. The highest BCUT2D eigenvalue weighted by Crippen LogP contribution is 2.06. The molecule has 25 heavy (non-hydrogen) atoms. The number of hydrogen-bond acceptors (Lipinski definition) is 9. The van der Waals surface area contributed by atoms with Crippen LogP contribution in [0.3, 0.4) is 0 Å². The summed E-state index contributed by atoms with van der Waals surface area (Å²) in [6, 6.07) is -0.881. The predicted molar refractivity (Wildman–Crippen MR) is 88.0 cm³/mol. The second-order valence-corrected chi connectivity index (χ2v) is 4.86. The van der Waals surface area contributed by atoms with Crippen molar-refractivity contribution in [2.45, 2.75) is 39.5 Å². The Kier molecular flexibility index (Phi) is 10.9. The van der Waals surface area contributed by atoms with Crippen molar-refractivity contribution in [1.82, 2.24) is 15.7 Å². The fraction of sp³-hybridized carbons (Fsp3) is 0.714. The SMILES string of the molecule is CCNCC(=O)ONC(OC(=O)C(CC)N(C)C(=N)N)C(=O)OCC. The maximum atomic E-state index is 12.2. The number of nitrogens with two attached hydrogens (primary N) is 1. The monoisotopic (exact) mass is 361 g/mol. The number of ether oxygens (including phenoxy) is 2. The minimum Gasteiger partial charge on any atom is -0.462 e. The molecule has 11 heteroatoms. The van der Waals surface area contributed by atoms with Crippen molar-refractivity contribution in [2.24, 2.45) is 5.73 Å². The third kappa shape index (κ3) is 8.31. The van der Waals surface area contributed by atoms with Gasteiger partial charge in [-0.3, -0.25) is 5.41 Å². The molecule has 0 radical (unpaired) electrons. The van der Waals surface area contributed by atoms with Crippen molar-refractivity contribution in [3.63, 3.8) is 0 Å². The van der Waals surface area contributed by atoms with E-state index in [-0.39, 0.29) is 25.5 Å². The van der Waals surface area contributed by atoms with Gasteiger partial charge < -0.3 is 30.3 Å². The molecule has 0 aromatic carbocycles. The Hall–Kier alpha value is -2.40. The number of hydrogen-bond donors (Lipinski definition) is 4. The molecule has 5 N–H and O–H groups in total. The van der Waals surface area contributed by atoms with Crippen LogP contribution in [0.1, 0.15) is 27.2 Å². The lowest BCUT2D eigenvalue weighted by Gasteiger charge is -2.27. The van der Waals surface area contributed by atoms with Gasteiger partial charge in [0.05, 0.1) is 13.2 Å². The zero-order chi connectivity index (χ0) is 19.4. The second-order valence-electron chi connectivity index (χ2n) is 4.86. The number of rotatable bonds is 11. The van der Waals surface area contributed by atoms with Crippen LogP contribution in [-0.4, -0.2) is 67.8 Å². The fourth-order valence-electron chi connectivity index (χ4n) is 1.68. The third-order valence-corrected chi connectivity index (χ3v) is 3.04. The van der Waals surface area contributed by atoms with E-state index in [1.54, 1.807) is 20.8 Å². The Bertz CT molecular complexity index is 473. The highest BCUT2D eigenvalue weighted by molar-refractivity contribution is 5.85. The molecule has 0 amide bonds. The smallest absolute Gasteiger partial charge is 0.366 e. The summed E-state index contributed by atoms with van der Waals surface area (Å²) in [5.74, 6) is -2.78. The Balaban J connectivity index is 4.92. The van der Waals surface area contributed by atoms with Crippen molar-refractivity contribution in [3.8, 4) is 0 Å². The number of likely N-dealkylation sites (N-methyl/N-ethyl adjacent to an activating group) is 2. The molecule has 0 rings (SSSR count). The molecule has 2 unspecified atom stereocenters. The molecule has 2 atom stereocenters. The van der Waals surface area contributed by atoms with E-state index in [2.05, 4.69) is 15.6 Å². The van der Waals surface area contributed by atoms with Crippen LogP contribution in [0, 0.1) is 5.41 Å².